The van der Waals surface area contributed by atoms with Crippen LogP contribution in [0.5, 0.6) is 5.88 Å². The van der Waals surface area contributed by atoms with Crippen molar-refractivity contribution in [3.63, 3.8) is 0 Å². The van der Waals surface area contributed by atoms with E-state index in [9.17, 15) is 9.59 Å². The highest BCUT2D eigenvalue weighted by Gasteiger charge is 2.14. The third-order valence-corrected chi connectivity index (χ3v) is 2.48. The minimum Gasteiger partial charge on any atom is -0.481 e. The first-order valence-electron chi connectivity index (χ1n) is 5.61. The van der Waals surface area contributed by atoms with Crippen LogP contribution in [0.25, 0.3) is 0 Å². The van der Waals surface area contributed by atoms with Gasteiger partial charge in [-0.05, 0) is 18.2 Å². The minimum atomic E-state index is -1.17. The van der Waals surface area contributed by atoms with E-state index in [2.05, 4.69) is 15.3 Å². The maximum absolute atomic E-state index is 12.0. The summed E-state index contributed by atoms with van der Waals surface area (Å²) in [5, 5.41) is 11.4. The Morgan fingerprint density at radius 1 is 1.25 bits per heavy atom. The summed E-state index contributed by atoms with van der Waals surface area (Å²) in [6.07, 6.45) is 2.73. The van der Waals surface area contributed by atoms with Crippen LogP contribution in [-0.2, 0) is 0 Å². The summed E-state index contributed by atoms with van der Waals surface area (Å²) < 4.78 is 4.88. The number of hydrogen-bond acceptors (Lipinski definition) is 5. The summed E-state index contributed by atoms with van der Waals surface area (Å²) in [6, 6.07) is 5.89. The lowest BCUT2D eigenvalue weighted by Crippen LogP contribution is -2.16. The van der Waals surface area contributed by atoms with Crippen LogP contribution in [0, 0.1) is 0 Å². The second-order valence-electron chi connectivity index (χ2n) is 3.75. The molecule has 1 amide bonds. The minimum absolute atomic E-state index is 0.0131. The Morgan fingerprint density at radius 3 is 2.65 bits per heavy atom. The zero-order chi connectivity index (χ0) is 14.5. The lowest BCUT2D eigenvalue weighted by atomic mass is 10.2. The number of pyridine rings is 2. The van der Waals surface area contributed by atoms with Gasteiger partial charge in [0.1, 0.15) is 11.4 Å². The van der Waals surface area contributed by atoms with Crippen LogP contribution in [0.1, 0.15) is 20.7 Å². The molecule has 2 rings (SSSR count). The number of carboxylic acids is 1. The molecule has 0 radical (unpaired) electrons. The van der Waals surface area contributed by atoms with Gasteiger partial charge in [-0.1, -0.05) is 0 Å². The molecule has 2 aromatic rings. The van der Waals surface area contributed by atoms with Crippen LogP contribution >= 0.6 is 0 Å². The zero-order valence-corrected chi connectivity index (χ0v) is 10.5. The largest absolute Gasteiger partial charge is 0.481 e. The molecule has 2 heterocycles. The second kappa shape index (κ2) is 5.79. The van der Waals surface area contributed by atoms with Gasteiger partial charge in [0.05, 0.1) is 12.7 Å². The molecule has 2 N–H and O–H groups in total. The number of carbonyl (C=O) groups is 2. The molecular formula is C13H11N3O4. The van der Waals surface area contributed by atoms with Crippen molar-refractivity contribution in [2.75, 3.05) is 12.4 Å². The third kappa shape index (κ3) is 2.89. The molecule has 0 fully saturated rings. The molecule has 20 heavy (non-hydrogen) atoms. The topological polar surface area (TPSA) is 101 Å². The zero-order valence-electron chi connectivity index (χ0n) is 10.5. The van der Waals surface area contributed by atoms with Crippen LogP contribution in [-0.4, -0.2) is 34.1 Å². The summed E-state index contributed by atoms with van der Waals surface area (Å²) in [5.74, 6) is -1.30. The summed E-state index contributed by atoms with van der Waals surface area (Å²) >= 11 is 0. The molecule has 7 nitrogen and oxygen atoms in total. The average molecular weight is 273 g/mol. The predicted molar refractivity (Wildman–Crippen MR) is 69.9 cm³/mol. The summed E-state index contributed by atoms with van der Waals surface area (Å²) in [7, 11) is 1.47. The van der Waals surface area contributed by atoms with Crippen molar-refractivity contribution in [2.45, 2.75) is 0 Å². The maximum Gasteiger partial charge on any atom is 0.339 e. The highest BCUT2D eigenvalue weighted by molar-refractivity contribution is 6.06. The molecule has 0 atom stereocenters. The van der Waals surface area contributed by atoms with Crippen molar-refractivity contribution in [1.82, 2.24) is 9.97 Å². The Bertz CT molecular complexity index is 640. The van der Waals surface area contributed by atoms with Gasteiger partial charge < -0.3 is 15.2 Å². The van der Waals surface area contributed by atoms with Crippen LogP contribution < -0.4 is 10.1 Å². The van der Waals surface area contributed by atoms with Crippen LogP contribution in [0.4, 0.5) is 5.82 Å². The number of ether oxygens (including phenoxy) is 1. The van der Waals surface area contributed by atoms with Gasteiger partial charge in [-0.25, -0.2) is 14.8 Å². The maximum atomic E-state index is 12.0. The quantitative estimate of drug-likeness (QED) is 0.873. The molecule has 0 saturated carbocycles. The fraction of sp³-hybridized carbons (Fsp3) is 0.0769. The molecule has 0 bridgehead atoms. The molecule has 0 saturated heterocycles. The molecule has 0 aliphatic rings. The van der Waals surface area contributed by atoms with Gasteiger partial charge in [-0.2, -0.15) is 0 Å². The lowest BCUT2D eigenvalue weighted by molar-refractivity contribution is 0.0697. The van der Waals surface area contributed by atoms with Crippen LogP contribution in [0.3, 0.4) is 0 Å². The number of aromatic carboxylic acids is 1. The van der Waals surface area contributed by atoms with Gasteiger partial charge >= 0.3 is 5.97 Å². The monoisotopic (exact) mass is 273 g/mol. The lowest BCUT2D eigenvalue weighted by Gasteiger charge is -2.07. The van der Waals surface area contributed by atoms with Crippen molar-refractivity contribution in [3.8, 4) is 5.88 Å². The first kappa shape index (κ1) is 13.5. The van der Waals surface area contributed by atoms with Gasteiger partial charge in [-0.3, -0.25) is 4.79 Å². The molecular weight excluding hydrogens is 262 g/mol. The third-order valence-electron chi connectivity index (χ3n) is 2.48. The van der Waals surface area contributed by atoms with Crippen molar-refractivity contribution in [1.29, 1.82) is 0 Å². The number of hydrogen-bond donors (Lipinski definition) is 2. The Hall–Kier alpha value is -2.96. The van der Waals surface area contributed by atoms with Crippen molar-refractivity contribution < 1.29 is 19.4 Å². The Kier molecular flexibility index (Phi) is 3.90. The molecule has 0 spiro atoms. The molecule has 2 aromatic heterocycles. The van der Waals surface area contributed by atoms with Gasteiger partial charge in [0.25, 0.3) is 5.91 Å². The Labute approximate surface area is 114 Å². The number of carboxylic acid groups (broad SMARTS) is 1. The number of aromatic nitrogens is 2. The van der Waals surface area contributed by atoms with Gasteiger partial charge in [0.2, 0.25) is 5.88 Å². The first-order valence-corrected chi connectivity index (χ1v) is 5.61. The van der Waals surface area contributed by atoms with E-state index in [4.69, 9.17) is 9.84 Å². The number of nitrogens with zero attached hydrogens (tertiary/aromatic N) is 2. The van der Waals surface area contributed by atoms with Crippen molar-refractivity contribution in [3.05, 3.63) is 47.8 Å². The van der Waals surface area contributed by atoms with E-state index >= 15 is 0 Å². The van der Waals surface area contributed by atoms with Gasteiger partial charge in [0.15, 0.2) is 0 Å². The van der Waals surface area contributed by atoms with Crippen molar-refractivity contribution >= 4 is 17.7 Å². The fourth-order valence-corrected chi connectivity index (χ4v) is 1.49. The van der Waals surface area contributed by atoms with E-state index in [0.29, 0.717) is 5.88 Å². The SMILES string of the molecule is COc1ccc(C(=O)Nc2ncccc2C(=O)O)cn1. The van der Waals surface area contributed by atoms with E-state index in [1.807, 2.05) is 0 Å². The van der Waals surface area contributed by atoms with E-state index in [-0.39, 0.29) is 16.9 Å². The predicted octanol–water partition coefficient (Wildman–Crippen LogP) is 1.44. The van der Waals surface area contributed by atoms with Crippen LogP contribution in [0.15, 0.2) is 36.7 Å². The first-order chi connectivity index (χ1) is 9.61. The molecule has 7 heteroatoms. The number of amides is 1. The number of anilines is 1. The standard InChI is InChI=1S/C13H11N3O4/c1-20-10-5-4-8(7-15-10)12(17)16-11-9(13(18)19)3-2-6-14-11/h2-7H,1H3,(H,18,19)(H,14,16,17). The highest BCUT2D eigenvalue weighted by Crippen LogP contribution is 2.13. The van der Waals surface area contributed by atoms with Crippen LogP contribution in [0.2, 0.25) is 0 Å². The molecule has 0 unspecified atom stereocenters. The number of nitrogens with one attached hydrogen (secondary N) is 1. The Balaban J connectivity index is 2.21. The molecule has 102 valence electrons. The number of carbonyl (C=O) groups excluding carboxylic acids is 1. The average Bonchev–Trinajstić information content (AvgIpc) is 2.47. The number of rotatable bonds is 4. The van der Waals surface area contributed by atoms with E-state index < -0.39 is 11.9 Å². The second-order valence-corrected chi connectivity index (χ2v) is 3.75. The van der Waals surface area contributed by atoms with E-state index in [1.165, 1.54) is 43.8 Å². The smallest absolute Gasteiger partial charge is 0.339 e. The Morgan fingerprint density at radius 2 is 2.05 bits per heavy atom. The molecule has 0 aliphatic heterocycles. The van der Waals surface area contributed by atoms with Gasteiger partial charge in [-0.15, -0.1) is 0 Å². The van der Waals surface area contributed by atoms with E-state index in [0.717, 1.165) is 0 Å². The summed E-state index contributed by atoms with van der Waals surface area (Å²) in [4.78, 5) is 30.7. The molecule has 0 aromatic carbocycles. The van der Waals surface area contributed by atoms with Gasteiger partial charge in [0, 0.05) is 18.5 Å². The summed E-state index contributed by atoms with van der Waals surface area (Å²) in [6.45, 7) is 0. The fourth-order valence-electron chi connectivity index (χ4n) is 1.49. The normalized spacial score (nSPS) is 9.85. The highest BCUT2D eigenvalue weighted by atomic mass is 16.5. The molecule has 0 aliphatic carbocycles. The van der Waals surface area contributed by atoms with Crippen molar-refractivity contribution in [2.24, 2.45) is 0 Å². The van der Waals surface area contributed by atoms with E-state index in [1.54, 1.807) is 0 Å². The number of methoxy groups -OCH3 is 1. The summed E-state index contributed by atoms with van der Waals surface area (Å²) in [5.41, 5.74) is 0.190.